The zero-order valence-corrected chi connectivity index (χ0v) is 17.2. The first-order valence-electron chi connectivity index (χ1n) is 9.60. The number of benzene rings is 2. The number of carbonyl (C=O) groups excluding carboxylic acids is 2. The number of anilines is 1. The molecule has 1 heterocycles. The maximum atomic E-state index is 12.0. The highest BCUT2D eigenvalue weighted by Gasteiger charge is 2.12. The summed E-state index contributed by atoms with van der Waals surface area (Å²) in [5.74, 6) is -0.112. The third-order valence-electron chi connectivity index (χ3n) is 4.39. The molecule has 0 aliphatic heterocycles. The Bertz CT molecular complexity index is 1020. The Balaban J connectivity index is 1.40. The van der Waals surface area contributed by atoms with Crippen LogP contribution in [0, 0.1) is 20.8 Å². The number of nitrogens with one attached hydrogen (secondary N) is 1. The van der Waals surface area contributed by atoms with Gasteiger partial charge in [0, 0.05) is 11.6 Å². The van der Waals surface area contributed by atoms with E-state index in [2.05, 4.69) is 10.5 Å². The average molecular weight is 408 g/mol. The van der Waals surface area contributed by atoms with Gasteiger partial charge in [0.15, 0.2) is 6.61 Å². The van der Waals surface area contributed by atoms with Crippen LogP contribution >= 0.6 is 0 Å². The van der Waals surface area contributed by atoms with E-state index in [0.717, 1.165) is 28.0 Å². The van der Waals surface area contributed by atoms with Crippen LogP contribution < -0.4 is 10.1 Å². The summed E-state index contributed by atoms with van der Waals surface area (Å²) in [6.07, 6.45) is 0.0422. The lowest BCUT2D eigenvalue weighted by Crippen LogP contribution is -2.21. The number of aromatic nitrogens is 1. The highest BCUT2D eigenvalue weighted by Crippen LogP contribution is 2.22. The molecule has 1 N–H and O–H groups in total. The van der Waals surface area contributed by atoms with E-state index in [1.54, 1.807) is 6.07 Å². The summed E-state index contributed by atoms with van der Waals surface area (Å²) in [6.45, 7) is 5.66. The predicted molar refractivity (Wildman–Crippen MR) is 112 cm³/mol. The fourth-order valence-corrected chi connectivity index (χ4v) is 2.69. The van der Waals surface area contributed by atoms with E-state index in [0.29, 0.717) is 5.69 Å². The van der Waals surface area contributed by atoms with Gasteiger partial charge in [-0.25, -0.2) is 0 Å². The van der Waals surface area contributed by atoms with Crippen molar-refractivity contribution in [2.24, 2.45) is 0 Å². The van der Waals surface area contributed by atoms with E-state index in [1.807, 2.05) is 63.2 Å². The number of rotatable bonds is 8. The molecule has 1 aromatic heterocycles. The van der Waals surface area contributed by atoms with Gasteiger partial charge < -0.3 is 14.0 Å². The number of carbonyl (C=O) groups is 2. The molecule has 3 rings (SSSR count). The normalized spacial score (nSPS) is 10.5. The van der Waals surface area contributed by atoms with Gasteiger partial charge in [0.1, 0.15) is 11.4 Å². The monoisotopic (exact) mass is 408 g/mol. The SMILES string of the molecule is Cc1ccc(-c2cc(NC(=O)COC(=O)CCOc3cc(C)ccc3C)on2)cc1. The van der Waals surface area contributed by atoms with Crippen molar-refractivity contribution in [3.05, 3.63) is 65.2 Å². The van der Waals surface area contributed by atoms with E-state index in [4.69, 9.17) is 14.0 Å². The summed E-state index contributed by atoms with van der Waals surface area (Å²) in [7, 11) is 0. The minimum atomic E-state index is -0.520. The average Bonchev–Trinajstić information content (AvgIpc) is 3.18. The van der Waals surface area contributed by atoms with Crippen molar-refractivity contribution in [2.45, 2.75) is 27.2 Å². The number of ether oxygens (including phenoxy) is 2. The third kappa shape index (κ3) is 5.94. The summed E-state index contributed by atoms with van der Waals surface area (Å²) in [5.41, 5.74) is 4.68. The molecule has 0 atom stereocenters. The van der Waals surface area contributed by atoms with Crippen LogP contribution in [0.15, 0.2) is 53.1 Å². The van der Waals surface area contributed by atoms with E-state index in [-0.39, 0.29) is 18.9 Å². The van der Waals surface area contributed by atoms with Crippen molar-refractivity contribution in [2.75, 3.05) is 18.5 Å². The second-order valence-corrected chi connectivity index (χ2v) is 7.02. The van der Waals surface area contributed by atoms with Gasteiger partial charge >= 0.3 is 5.97 Å². The van der Waals surface area contributed by atoms with Crippen molar-refractivity contribution >= 4 is 17.8 Å². The van der Waals surface area contributed by atoms with Crippen molar-refractivity contribution in [1.29, 1.82) is 0 Å². The molecule has 0 saturated carbocycles. The molecule has 156 valence electrons. The molecule has 3 aromatic rings. The van der Waals surface area contributed by atoms with Crippen LogP contribution in [0.25, 0.3) is 11.3 Å². The van der Waals surface area contributed by atoms with Crippen LogP contribution in [-0.2, 0) is 14.3 Å². The first kappa shape index (κ1) is 21.1. The molecule has 7 nitrogen and oxygen atoms in total. The summed E-state index contributed by atoms with van der Waals surface area (Å²) in [4.78, 5) is 23.8. The zero-order chi connectivity index (χ0) is 21.5. The molecule has 0 spiro atoms. The van der Waals surface area contributed by atoms with E-state index in [9.17, 15) is 9.59 Å². The highest BCUT2D eigenvalue weighted by molar-refractivity contribution is 5.92. The van der Waals surface area contributed by atoms with E-state index < -0.39 is 18.5 Å². The molecule has 7 heteroatoms. The van der Waals surface area contributed by atoms with Crippen LogP contribution in [-0.4, -0.2) is 30.2 Å². The fraction of sp³-hybridized carbons (Fsp3) is 0.261. The maximum Gasteiger partial charge on any atom is 0.309 e. The molecule has 0 saturated heterocycles. The number of aryl methyl sites for hydroxylation is 3. The van der Waals surface area contributed by atoms with Crippen LogP contribution in [0.3, 0.4) is 0 Å². The largest absolute Gasteiger partial charge is 0.493 e. The number of esters is 1. The molecule has 30 heavy (non-hydrogen) atoms. The zero-order valence-electron chi connectivity index (χ0n) is 17.2. The lowest BCUT2D eigenvalue weighted by Gasteiger charge is -2.09. The number of nitrogens with zero attached hydrogens (tertiary/aromatic N) is 1. The van der Waals surface area contributed by atoms with Crippen LogP contribution in [0.1, 0.15) is 23.1 Å². The van der Waals surface area contributed by atoms with Gasteiger partial charge in [-0.1, -0.05) is 47.1 Å². The second-order valence-electron chi connectivity index (χ2n) is 7.02. The first-order valence-corrected chi connectivity index (χ1v) is 9.60. The lowest BCUT2D eigenvalue weighted by molar-refractivity contribution is -0.147. The van der Waals surface area contributed by atoms with Gasteiger partial charge in [-0.05, 0) is 38.0 Å². The quantitative estimate of drug-likeness (QED) is 0.561. The molecule has 0 aliphatic rings. The van der Waals surface area contributed by atoms with Crippen LogP contribution in [0.4, 0.5) is 5.88 Å². The van der Waals surface area contributed by atoms with Crippen molar-refractivity contribution < 1.29 is 23.6 Å². The molecular weight excluding hydrogens is 384 g/mol. The van der Waals surface area contributed by atoms with Crippen molar-refractivity contribution in [3.8, 4) is 17.0 Å². The Labute approximate surface area is 175 Å². The Morgan fingerprint density at radius 1 is 1.00 bits per heavy atom. The Kier molecular flexibility index (Phi) is 6.85. The minimum Gasteiger partial charge on any atom is -0.493 e. The van der Waals surface area contributed by atoms with E-state index >= 15 is 0 Å². The second kappa shape index (κ2) is 9.73. The Hall–Kier alpha value is -3.61. The molecule has 2 aromatic carbocycles. The molecular formula is C23H24N2O5. The smallest absolute Gasteiger partial charge is 0.309 e. The van der Waals surface area contributed by atoms with Gasteiger partial charge in [-0.2, -0.15) is 0 Å². The van der Waals surface area contributed by atoms with Crippen LogP contribution in [0.2, 0.25) is 0 Å². The lowest BCUT2D eigenvalue weighted by atomic mass is 10.1. The van der Waals surface area contributed by atoms with Gasteiger partial charge in [0.2, 0.25) is 5.88 Å². The highest BCUT2D eigenvalue weighted by atomic mass is 16.5. The summed E-state index contributed by atoms with van der Waals surface area (Å²) >= 11 is 0. The van der Waals surface area contributed by atoms with Crippen molar-refractivity contribution in [1.82, 2.24) is 5.16 Å². The molecule has 0 bridgehead atoms. The first-order chi connectivity index (χ1) is 14.4. The number of hydrogen-bond acceptors (Lipinski definition) is 6. The van der Waals surface area contributed by atoms with Gasteiger partial charge in [0.25, 0.3) is 5.91 Å². The summed E-state index contributed by atoms with van der Waals surface area (Å²) in [6, 6.07) is 15.2. The Morgan fingerprint density at radius 3 is 2.50 bits per heavy atom. The molecule has 0 unspecified atom stereocenters. The molecule has 1 amide bonds. The predicted octanol–water partition coefficient (Wildman–Crippen LogP) is 4.22. The maximum absolute atomic E-state index is 12.0. The number of amides is 1. The molecule has 0 fully saturated rings. The summed E-state index contributed by atoms with van der Waals surface area (Å²) in [5, 5.41) is 6.45. The minimum absolute atomic E-state index is 0.0422. The molecule has 0 radical (unpaired) electrons. The fourth-order valence-electron chi connectivity index (χ4n) is 2.69. The van der Waals surface area contributed by atoms with Gasteiger partial charge in [-0.3, -0.25) is 14.9 Å². The van der Waals surface area contributed by atoms with Crippen molar-refractivity contribution in [3.63, 3.8) is 0 Å². The third-order valence-corrected chi connectivity index (χ3v) is 4.39. The number of hydrogen-bond donors (Lipinski definition) is 1. The Morgan fingerprint density at radius 2 is 1.73 bits per heavy atom. The summed E-state index contributed by atoms with van der Waals surface area (Å²) < 4.78 is 15.7. The van der Waals surface area contributed by atoms with Crippen LogP contribution in [0.5, 0.6) is 5.75 Å². The van der Waals surface area contributed by atoms with Gasteiger partial charge in [-0.15, -0.1) is 0 Å². The van der Waals surface area contributed by atoms with Gasteiger partial charge in [0.05, 0.1) is 13.0 Å². The standard InChI is InChI=1S/C23H24N2O5/c1-15-5-8-18(9-6-15)19-13-22(30-25-19)24-21(26)14-29-23(27)10-11-28-20-12-16(2)4-7-17(20)3/h4-9,12-13H,10-11,14H2,1-3H3,(H,24,26). The molecule has 0 aliphatic carbocycles. The van der Waals surface area contributed by atoms with E-state index in [1.165, 1.54) is 0 Å². The topological polar surface area (TPSA) is 90.7 Å².